The summed E-state index contributed by atoms with van der Waals surface area (Å²) in [6.07, 6.45) is 0. The molecule has 0 spiro atoms. The van der Waals surface area contributed by atoms with Crippen molar-refractivity contribution in [2.75, 3.05) is 4.90 Å². The number of nitrogens with zero attached hydrogens (tertiary/aromatic N) is 1. The van der Waals surface area contributed by atoms with Gasteiger partial charge in [0.25, 0.3) is 0 Å². The lowest BCUT2D eigenvalue weighted by atomic mass is 9.92. The van der Waals surface area contributed by atoms with Crippen molar-refractivity contribution >= 4 is 70.5 Å². The Morgan fingerprint density at radius 3 is 1.68 bits per heavy atom. The van der Waals surface area contributed by atoms with Gasteiger partial charge >= 0.3 is 0 Å². The molecule has 0 aliphatic rings. The Hall–Kier alpha value is -7.20. The van der Waals surface area contributed by atoms with Gasteiger partial charge in [-0.15, -0.1) is 11.3 Å². The van der Waals surface area contributed by atoms with E-state index in [4.69, 9.17) is 4.42 Å². The van der Waals surface area contributed by atoms with Gasteiger partial charge in [-0.25, -0.2) is 0 Å². The van der Waals surface area contributed by atoms with Gasteiger partial charge in [-0.1, -0.05) is 170 Å². The molecule has 0 N–H and O–H groups in total. The summed E-state index contributed by atoms with van der Waals surface area (Å²) in [5, 5.41) is 4.80. The zero-order valence-corrected chi connectivity index (χ0v) is 31.8. The van der Waals surface area contributed by atoms with Crippen LogP contribution in [0.3, 0.4) is 0 Å². The second kappa shape index (κ2) is 13.8. The first-order valence-corrected chi connectivity index (χ1v) is 20.2. The van der Waals surface area contributed by atoms with Gasteiger partial charge in [-0.2, -0.15) is 0 Å². The molecule has 0 radical (unpaired) electrons. The van der Waals surface area contributed by atoms with Crippen LogP contribution in [-0.4, -0.2) is 0 Å². The van der Waals surface area contributed by atoms with Crippen LogP contribution in [0.2, 0.25) is 0 Å². The van der Waals surface area contributed by atoms with Crippen molar-refractivity contribution in [3.8, 4) is 44.5 Å². The molecular formula is C54H35NOS. The van der Waals surface area contributed by atoms with E-state index in [1.807, 2.05) is 17.4 Å². The van der Waals surface area contributed by atoms with Gasteiger partial charge in [0.15, 0.2) is 0 Å². The number of thiophene rings is 1. The number of benzene rings is 9. The van der Waals surface area contributed by atoms with E-state index in [1.54, 1.807) is 0 Å². The van der Waals surface area contributed by atoms with Gasteiger partial charge in [0.2, 0.25) is 0 Å². The Morgan fingerprint density at radius 1 is 0.351 bits per heavy atom. The first kappa shape index (κ1) is 33.2. The minimum Gasteiger partial charge on any atom is -0.455 e. The summed E-state index contributed by atoms with van der Waals surface area (Å²) in [6, 6.07) is 76.3. The van der Waals surface area contributed by atoms with E-state index in [0.717, 1.165) is 61.3 Å². The molecule has 2 nitrogen and oxygen atoms in total. The van der Waals surface area contributed by atoms with Crippen molar-refractivity contribution in [2.24, 2.45) is 0 Å². The van der Waals surface area contributed by atoms with Crippen LogP contribution in [0.25, 0.3) is 86.6 Å². The molecule has 0 aliphatic heterocycles. The van der Waals surface area contributed by atoms with Gasteiger partial charge in [-0.3, -0.25) is 0 Å². The molecule has 0 saturated heterocycles. The fourth-order valence-electron chi connectivity index (χ4n) is 8.45. The third kappa shape index (κ3) is 5.71. The maximum atomic E-state index is 6.60. The fourth-order valence-corrected chi connectivity index (χ4v) is 9.66. The second-order valence-corrected chi connectivity index (χ2v) is 15.5. The van der Waals surface area contributed by atoms with E-state index in [-0.39, 0.29) is 0 Å². The fraction of sp³-hybridized carbons (Fsp3) is 0. The van der Waals surface area contributed by atoms with E-state index in [0.29, 0.717) is 0 Å². The van der Waals surface area contributed by atoms with Gasteiger partial charge in [-0.05, 0) is 81.4 Å². The molecule has 3 heteroatoms. The van der Waals surface area contributed by atoms with Crippen LogP contribution < -0.4 is 4.90 Å². The molecule has 11 rings (SSSR count). The minimum atomic E-state index is 0.898. The predicted molar refractivity (Wildman–Crippen MR) is 243 cm³/mol. The van der Waals surface area contributed by atoms with Crippen LogP contribution in [0.5, 0.6) is 0 Å². The molecule has 9 aromatic carbocycles. The molecule has 268 valence electrons. The third-order valence-corrected chi connectivity index (χ3v) is 12.3. The highest BCUT2D eigenvalue weighted by molar-refractivity contribution is 7.26. The Bertz CT molecular complexity index is 3230. The highest BCUT2D eigenvalue weighted by Gasteiger charge is 2.22. The summed E-state index contributed by atoms with van der Waals surface area (Å²) in [5.74, 6) is 0. The molecule has 11 aromatic rings. The van der Waals surface area contributed by atoms with Crippen molar-refractivity contribution < 1.29 is 4.42 Å². The maximum Gasteiger partial charge on any atom is 0.143 e. The Balaban J connectivity index is 1.12. The molecule has 57 heavy (non-hydrogen) atoms. The summed E-state index contributed by atoms with van der Waals surface area (Å²) >= 11 is 1.86. The summed E-state index contributed by atoms with van der Waals surface area (Å²) in [4.78, 5) is 2.43. The van der Waals surface area contributed by atoms with Crippen LogP contribution in [-0.2, 0) is 0 Å². The normalized spacial score (nSPS) is 11.5. The van der Waals surface area contributed by atoms with Crippen LogP contribution in [0, 0.1) is 0 Å². The number of furan rings is 1. The van der Waals surface area contributed by atoms with E-state index in [1.165, 1.54) is 42.4 Å². The Kier molecular flexibility index (Phi) is 8.04. The lowest BCUT2D eigenvalue weighted by Gasteiger charge is -2.27. The number of hydrogen-bond acceptors (Lipinski definition) is 3. The number of anilines is 3. The van der Waals surface area contributed by atoms with E-state index in [2.05, 4.69) is 211 Å². The number of rotatable bonds is 7. The minimum absolute atomic E-state index is 0.898. The third-order valence-electron chi connectivity index (χ3n) is 11.1. The molecule has 0 unspecified atom stereocenters. The summed E-state index contributed by atoms with van der Waals surface area (Å²) in [6.45, 7) is 0. The van der Waals surface area contributed by atoms with Crippen LogP contribution >= 0.6 is 11.3 Å². The number of fused-ring (bicyclic) bond motifs is 6. The standard InChI is InChI=1S/C54H35NOS/c1-3-15-36(16-4-1)41-19-7-8-20-42(41)38-29-31-39(32-30-38)55(50-26-14-25-48-45-22-10-12-28-52(45)57-54(48)50)40-33-34-43(49(35-40)37-17-5-2-6-18-37)46-23-13-24-47-44-21-9-11-27-51(44)56-53(46)47/h1-35H. The molecule has 0 fully saturated rings. The average Bonchev–Trinajstić information content (AvgIpc) is 3.87. The van der Waals surface area contributed by atoms with Crippen molar-refractivity contribution in [3.05, 3.63) is 212 Å². The quantitative estimate of drug-likeness (QED) is 0.162. The topological polar surface area (TPSA) is 16.4 Å². The van der Waals surface area contributed by atoms with Gasteiger partial charge in [0.1, 0.15) is 11.2 Å². The molecule has 0 bridgehead atoms. The Labute approximate surface area is 335 Å². The lowest BCUT2D eigenvalue weighted by molar-refractivity contribution is 0.670. The number of para-hydroxylation sites is 2. The zero-order chi connectivity index (χ0) is 37.7. The molecule has 0 aliphatic carbocycles. The second-order valence-electron chi connectivity index (χ2n) is 14.4. The highest BCUT2D eigenvalue weighted by Crippen LogP contribution is 2.48. The van der Waals surface area contributed by atoms with Gasteiger partial charge in [0, 0.05) is 43.2 Å². The van der Waals surface area contributed by atoms with E-state index < -0.39 is 0 Å². The molecule has 2 aromatic heterocycles. The van der Waals surface area contributed by atoms with Gasteiger partial charge in [0.05, 0.1) is 10.4 Å². The predicted octanol–water partition coefficient (Wildman–Crippen LogP) is 16.1. The maximum absolute atomic E-state index is 6.60. The van der Waals surface area contributed by atoms with Crippen molar-refractivity contribution in [3.63, 3.8) is 0 Å². The van der Waals surface area contributed by atoms with Crippen LogP contribution in [0.15, 0.2) is 217 Å². The summed E-state index contributed by atoms with van der Waals surface area (Å²) in [5.41, 5.74) is 14.4. The van der Waals surface area contributed by atoms with Crippen molar-refractivity contribution in [2.45, 2.75) is 0 Å². The monoisotopic (exact) mass is 745 g/mol. The summed E-state index contributed by atoms with van der Waals surface area (Å²) in [7, 11) is 0. The molecular weight excluding hydrogens is 711 g/mol. The molecule has 0 atom stereocenters. The van der Waals surface area contributed by atoms with Crippen LogP contribution in [0.4, 0.5) is 17.1 Å². The molecule has 0 amide bonds. The number of hydrogen-bond donors (Lipinski definition) is 0. The first-order valence-electron chi connectivity index (χ1n) is 19.3. The zero-order valence-electron chi connectivity index (χ0n) is 31.0. The summed E-state index contributed by atoms with van der Waals surface area (Å²) < 4.78 is 9.14. The Morgan fingerprint density at radius 2 is 0.912 bits per heavy atom. The van der Waals surface area contributed by atoms with E-state index in [9.17, 15) is 0 Å². The van der Waals surface area contributed by atoms with Crippen molar-refractivity contribution in [1.29, 1.82) is 0 Å². The first-order chi connectivity index (χ1) is 28.3. The van der Waals surface area contributed by atoms with Crippen molar-refractivity contribution in [1.82, 2.24) is 0 Å². The van der Waals surface area contributed by atoms with Crippen LogP contribution in [0.1, 0.15) is 0 Å². The smallest absolute Gasteiger partial charge is 0.143 e. The largest absolute Gasteiger partial charge is 0.455 e. The average molecular weight is 746 g/mol. The van der Waals surface area contributed by atoms with E-state index >= 15 is 0 Å². The lowest BCUT2D eigenvalue weighted by Crippen LogP contribution is -2.10. The SMILES string of the molecule is c1ccc(-c2ccccc2-c2ccc(N(c3ccc(-c4cccc5c4oc4ccccc45)c(-c4ccccc4)c3)c3cccc4c3sc3ccccc34)cc2)cc1. The molecule has 2 heterocycles. The molecule has 0 saturated carbocycles. The highest BCUT2D eigenvalue weighted by atomic mass is 32.1. The van der Waals surface area contributed by atoms with Gasteiger partial charge < -0.3 is 9.32 Å².